The van der Waals surface area contributed by atoms with E-state index in [1.54, 1.807) is 24.3 Å². The van der Waals surface area contributed by atoms with Gasteiger partial charge < -0.3 is 9.84 Å². The van der Waals surface area contributed by atoms with Crippen molar-refractivity contribution in [2.24, 2.45) is 0 Å². The third-order valence-electron chi connectivity index (χ3n) is 6.37. The van der Waals surface area contributed by atoms with E-state index < -0.39 is 52.6 Å². The zero-order chi connectivity index (χ0) is 30.6. The lowest BCUT2D eigenvalue weighted by Crippen LogP contribution is -2.48. The fourth-order valence-corrected chi connectivity index (χ4v) is 4.09. The molecule has 0 saturated heterocycles. The predicted octanol–water partition coefficient (Wildman–Crippen LogP) is 5.28. The molecule has 1 atom stereocenters. The molecule has 7 nitrogen and oxygen atoms in total. The third-order valence-corrected chi connectivity index (χ3v) is 6.37. The summed E-state index contributed by atoms with van der Waals surface area (Å²) in [6, 6.07) is 14.1. The Kier molecular flexibility index (Phi) is 8.13. The monoisotopic (exact) mass is 595 g/mol. The van der Waals surface area contributed by atoms with Gasteiger partial charge in [-0.15, -0.1) is 5.10 Å². The normalized spacial score (nSPS) is 12.7. The minimum Gasteiger partial charge on any atom is -0.489 e. The van der Waals surface area contributed by atoms with Crippen LogP contribution in [0.25, 0.3) is 0 Å². The molecule has 0 radical (unpaired) electrons. The quantitative estimate of drug-likeness (QED) is 0.194. The van der Waals surface area contributed by atoms with Gasteiger partial charge in [-0.05, 0) is 64.5 Å². The zero-order valence-corrected chi connectivity index (χ0v) is 21.9. The van der Waals surface area contributed by atoms with Crippen molar-refractivity contribution in [3.8, 4) is 17.6 Å². The summed E-state index contributed by atoms with van der Waals surface area (Å²) < 4.78 is 92.5. The number of rotatable bonds is 8. The fourth-order valence-electron chi connectivity index (χ4n) is 4.09. The van der Waals surface area contributed by atoms with Gasteiger partial charge in [0.25, 0.3) is 0 Å². The van der Waals surface area contributed by atoms with Crippen molar-refractivity contribution in [1.82, 2.24) is 25.2 Å². The van der Waals surface area contributed by atoms with Crippen molar-refractivity contribution in [3.63, 3.8) is 0 Å². The topological polar surface area (TPSA) is 86.0 Å². The fraction of sp³-hybridized carbons (Fsp3) is 0.133. The highest BCUT2D eigenvalue weighted by Gasteiger charge is 2.58. The highest BCUT2D eigenvalue weighted by molar-refractivity contribution is 5.43. The molecule has 13 heteroatoms. The van der Waals surface area contributed by atoms with Crippen molar-refractivity contribution < 1.29 is 36.2 Å². The number of aromatic nitrogens is 5. The minimum absolute atomic E-state index is 0.0972. The lowest BCUT2D eigenvalue weighted by atomic mass is 9.84. The second kappa shape index (κ2) is 11.9. The maximum atomic E-state index is 15.9. The van der Waals surface area contributed by atoms with Crippen LogP contribution in [-0.4, -0.2) is 30.3 Å². The van der Waals surface area contributed by atoms with E-state index in [0.717, 1.165) is 53.1 Å². The first kappa shape index (κ1) is 29.3. The van der Waals surface area contributed by atoms with E-state index in [1.165, 1.54) is 12.1 Å². The first-order chi connectivity index (χ1) is 20.5. The Hall–Kier alpha value is -5.22. The summed E-state index contributed by atoms with van der Waals surface area (Å²) in [5.41, 5.74) is -3.45. The number of nitrogens with zero attached hydrogens (tertiary/aromatic N) is 5. The second-order valence-corrected chi connectivity index (χ2v) is 9.31. The zero-order valence-electron chi connectivity index (χ0n) is 21.9. The van der Waals surface area contributed by atoms with E-state index in [-0.39, 0.29) is 17.9 Å². The van der Waals surface area contributed by atoms with Crippen molar-refractivity contribution >= 4 is 0 Å². The Balaban J connectivity index is 1.32. The predicted molar refractivity (Wildman–Crippen MR) is 139 cm³/mol. The number of ether oxygens (including phenoxy) is 1. The molecule has 43 heavy (non-hydrogen) atoms. The largest absolute Gasteiger partial charge is 0.489 e. The number of hydrogen-bond donors (Lipinski definition) is 1. The van der Waals surface area contributed by atoms with Gasteiger partial charge in [-0.2, -0.15) is 8.78 Å². The second-order valence-electron chi connectivity index (χ2n) is 9.31. The Morgan fingerprint density at radius 1 is 0.814 bits per heavy atom. The van der Waals surface area contributed by atoms with Gasteiger partial charge in [0.15, 0.2) is 17.2 Å². The first-order valence-corrected chi connectivity index (χ1v) is 12.5. The molecule has 0 fully saturated rings. The lowest BCUT2D eigenvalue weighted by molar-refractivity contribution is -0.207. The van der Waals surface area contributed by atoms with E-state index in [2.05, 4.69) is 32.4 Å². The van der Waals surface area contributed by atoms with Crippen molar-refractivity contribution in [2.45, 2.75) is 24.7 Å². The molecule has 2 heterocycles. The van der Waals surface area contributed by atoms with Crippen LogP contribution in [0.5, 0.6) is 5.75 Å². The number of aliphatic hydroxyl groups is 1. The molecular weight excluding hydrogens is 576 g/mol. The standard InChI is InChI=1S/C30H19F6N5O2/c31-22-8-10-24(26(33)13-22)29(42,17-41-18-38-39-40-41)30(35,36)28-12-7-20(15-37-28)4-1-19-2-5-21(6-3-19)16-43-23-9-11-25(32)27(34)14-23/h2-3,5-15,18,42H,16-17H2. The van der Waals surface area contributed by atoms with Crippen molar-refractivity contribution in [3.05, 3.63) is 137 Å². The molecule has 218 valence electrons. The summed E-state index contributed by atoms with van der Waals surface area (Å²) in [6.07, 6.45) is 2.03. The molecule has 1 unspecified atom stereocenters. The van der Waals surface area contributed by atoms with Crippen LogP contribution < -0.4 is 4.74 Å². The Morgan fingerprint density at radius 2 is 1.56 bits per heavy atom. The van der Waals surface area contributed by atoms with Crippen LogP contribution >= 0.6 is 0 Å². The van der Waals surface area contributed by atoms with Gasteiger partial charge in [-0.3, -0.25) is 4.98 Å². The molecule has 0 aliphatic rings. The maximum Gasteiger partial charge on any atom is 0.323 e. The van der Waals surface area contributed by atoms with E-state index in [1.807, 2.05) is 0 Å². The van der Waals surface area contributed by atoms with E-state index >= 15 is 8.78 Å². The first-order valence-electron chi connectivity index (χ1n) is 12.5. The molecule has 0 amide bonds. The van der Waals surface area contributed by atoms with Crippen LogP contribution in [0.2, 0.25) is 0 Å². The summed E-state index contributed by atoms with van der Waals surface area (Å²) in [7, 11) is 0. The molecule has 1 N–H and O–H groups in total. The Labute approximate surface area is 240 Å². The molecule has 0 saturated carbocycles. The number of pyridine rings is 1. The summed E-state index contributed by atoms with van der Waals surface area (Å²) in [5.74, 6) is -2.77. The number of hydrogen-bond acceptors (Lipinski definition) is 6. The van der Waals surface area contributed by atoms with Gasteiger partial charge in [0.2, 0.25) is 0 Å². The van der Waals surface area contributed by atoms with Gasteiger partial charge in [0, 0.05) is 35.0 Å². The van der Waals surface area contributed by atoms with Gasteiger partial charge in [0.1, 0.15) is 36.0 Å². The van der Waals surface area contributed by atoms with E-state index in [0.29, 0.717) is 11.6 Å². The van der Waals surface area contributed by atoms with Crippen LogP contribution in [-0.2, 0) is 24.7 Å². The molecule has 0 bridgehead atoms. The molecule has 0 aliphatic carbocycles. The average Bonchev–Trinajstić information content (AvgIpc) is 3.50. The molecule has 5 rings (SSSR count). The number of alkyl halides is 2. The van der Waals surface area contributed by atoms with Gasteiger partial charge in [-0.1, -0.05) is 24.0 Å². The highest BCUT2D eigenvalue weighted by atomic mass is 19.3. The van der Waals surface area contributed by atoms with Crippen LogP contribution in [0, 0.1) is 35.1 Å². The minimum atomic E-state index is -4.19. The van der Waals surface area contributed by atoms with E-state index in [4.69, 9.17) is 4.74 Å². The summed E-state index contributed by atoms with van der Waals surface area (Å²) in [6.45, 7) is -0.874. The van der Waals surface area contributed by atoms with Crippen molar-refractivity contribution in [2.75, 3.05) is 0 Å². The van der Waals surface area contributed by atoms with Crippen LogP contribution in [0.1, 0.15) is 27.9 Å². The van der Waals surface area contributed by atoms with Crippen LogP contribution in [0.4, 0.5) is 26.3 Å². The van der Waals surface area contributed by atoms with Gasteiger partial charge >= 0.3 is 5.92 Å². The molecule has 2 aromatic heterocycles. The number of halogens is 6. The number of benzene rings is 3. The third kappa shape index (κ3) is 6.34. The smallest absolute Gasteiger partial charge is 0.323 e. The maximum absolute atomic E-state index is 15.9. The summed E-state index contributed by atoms with van der Waals surface area (Å²) in [5, 5.41) is 21.4. The molecule has 0 spiro atoms. The number of tetrazole rings is 1. The SMILES string of the molecule is OC(Cn1cnnn1)(c1ccc(F)cc1F)C(F)(F)c1ccc(C#Cc2ccc(COc3ccc(F)c(F)c3)cc2)cn1. The Morgan fingerprint density at radius 3 is 2.21 bits per heavy atom. The molecule has 5 aromatic rings. The average molecular weight is 596 g/mol. The summed E-state index contributed by atoms with van der Waals surface area (Å²) >= 11 is 0. The van der Waals surface area contributed by atoms with Gasteiger partial charge in [-0.25, -0.2) is 22.2 Å². The van der Waals surface area contributed by atoms with Crippen LogP contribution in [0.15, 0.2) is 85.3 Å². The van der Waals surface area contributed by atoms with Crippen LogP contribution in [0.3, 0.4) is 0 Å². The molecule has 0 aliphatic heterocycles. The highest BCUT2D eigenvalue weighted by Crippen LogP contribution is 2.46. The van der Waals surface area contributed by atoms with E-state index in [9.17, 15) is 22.7 Å². The molecular formula is C30H19F6N5O2. The lowest BCUT2D eigenvalue weighted by Gasteiger charge is -2.35. The molecule has 3 aromatic carbocycles. The summed E-state index contributed by atoms with van der Waals surface area (Å²) in [4.78, 5) is 3.77. The van der Waals surface area contributed by atoms with Gasteiger partial charge in [0.05, 0.1) is 6.54 Å². The van der Waals surface area contributed by atoms with Crippen molar-refractivity contribution in [1.29, 1.82) is 0 Å². The Bertz CT molecular complexity index is 1790.